The van der Waals surface area contributed by atoms with Crippen LogP contribution in [-0.4, -0.2) is 71.8 Å². The highest BCUT2D eigenvalue weighted by molar-refractivity contribution is 5.77. The molecule has 3 rings (SSSR count). The van der Waals surface area contributed by atoms with Gasteiger partial charge < -0.3 is 14.7 Å². The molecule has 1 aromatic carbocycles. The molecule has 164 valence electrons. The molecule has 1 N–H and O–H groups in total. The second-order valence-corrected chi connectivity index (χ2v) is 7.13. The van der Waals surface area contributed by atoms with Crippen LogP contribution in [0.25, 0.3) is 0 Å². The third-order valence-electron chi connectivity index (χ3n) is 5.22. The normalized spacial score (nSPS) is 21.4. The van der Waals surface area contributed by atoms with E-state index in [2.05, 4.69) is 17.0 Å². The van der Waals surface area contributed by atoms with E-state index < -0.39 is 12.1 Å². The molecule has 2 fully saturated rings. The van der Waals surface area contributed by atoms with E-state index in [9.17, 15) is 18.0 Å². The lowest BCUT2D eigenvalue weighted by Crippen LogP contribution is -2.52. The molecule has 2 aliphatic heterocycles. The number of carboxylic acid groups (broad SMARTS) is 1. The van der Waals surface area contributed by atoms with Gasteiger partial charge in [-0.15, -0.1) is 0 Å². The number of rotatable bonds is 5. The number of methoxy groups -OCH3 is 1. The summed E-state index contributed by atoms with van der Waals surface area (Å²) in [5, 5.41) is 16.2. The number of carbonyl (C=O) groups is 2. The molecule has 0 aliphatic carbocycles. The van der Waals surface area contributed by atoms with Gasteiger partial charge in [0, 0.05) is 45.2 Å². The van der Waals surface area contributed by atoms with Crippen LogP contribution >= 0.6 is 0 Å². The number of hydrogen-bond donors (Lipinski definition) is 1. The predicted molar refractivity (Wildman–Crippen MR) is 100 cm³/mol. The van der Waals surface area contributed by atoms with Gasteiger partial charge in [0.1, 0.15) is 0 Å². The summed E-state index contributed by atoms with van der Waals surface area (Å²) in [6.07, 6.45) is -2.50. The fourth-order valence-electron chi connectivity index (χ4n) is 3.89. The van der Waals surface area contributed by atoms with Gasteiger partial charge in [0.15, 0.2) is 0 Å². The minimum Gasteiger partial charge on any atom is -0.475 e. The van der Waals surface area contributed by atoms with Crippen molar-refractivity contribution in [3.05, 3.63) is 35.4 Å². The van der Waals surface area contributed by atoms with E-state index in [0.29, 0.717) is 37.2 Å². The quantitative estimate of drug-likeness (QED) is 0.776. The van der Waals surface area contributed by atoms with E-state index in [0.717, 1.165) is 25.9 Å². The number of alkyl halides is 3. The number of fused-ring (bicyclic) bond motifs is 1. The smallest absolute Gasteiger partial charge is 0.475 e. The Hall–Kier alpha value is -2.64. The van der Waals surface area contributed by atoms with Gasteiger partial charge in [-0.3, -0.25) is 9.69 Å². The van der Waals surface area contributed by atoms with Crippen molar-refractivity contribution in [2.75, 3.05) is 26.8 Å². The number of nitrogens with zero attached hydrogens (tertiary/aromatic N) is 3. The van der Waals surface area contributed by atoms with Crippen LogP contribution in [0.1, 0.15) is 30.4 Å². The zero-order valence-electron chi connectivity index (χ0n) is 16.6. The van der Waals surface area contributed by atoms with Crippen molar-refractivity contribution in [2.45, 2.75) is 44.1 Å². The summed E-state index contributed by atoms with van der Waals surface area (Å²) in [5.41, 5.74) is 1.88. The Morgan fingerprint density at radius 2 is 2.03 bits per heavy atom. The molecule has 2 aliphatic rings. The molecule has 10 heteroatoms. The van der Waals surface area contributed by atoms with Crippen molar-refractivity contribution in [1.29, 1.82) is 5.26 Å². The summed E-state index contributed by atoms with van der Waals surface area (Å²) >= 11 is 0. The number of amides is 1. The second-order valence-electron chi connectivity index (χ2n) is 7.13. The highest BCUT2D eigenvalue weighted by atomic mass is 19.4. The van der Waals surface area contributed by atoms with Crippen LogP contribution in [0.2, 0.25) is 0 Å². The Bertz CT molecular complexity index is 794. The van der Waals surface area contributed by atoms with Crippen LogP contribution in [0, 0.1) is 11.3 Å². The lowest BCUT2D eigenvalue weighted by Gasteiger charge is -2.39. The average molecular weight is 427 g/mol. The zero-order valence-corrected chi connectivity index (χ0v) is 16.6. The minimum absolute atomic E-state index is 0.261. The fraction of sp³-hybridized carbons (Fsp3) is 0.550. The van der Waals surface area contributed by atoms with Gasteiger partial charge in [-0.25, -0.2) is 4.79 Å². The van der Waals surface area contributed by atoms with Crippen LogP contribution in [-0.2, 0) is 20.9 Å². The number of piperidine rings is 1. The van der Waals surface area contributed by atoms with Crippen molar-refractivity contribution in [1.82, 2.24) is 9.80 Å². The number of hydrogen-bond acceptors (Lipinski definition) is 5. The number of halogens is 3. The standard InChI is InChI=1S/C18H23N3O2.C2HF3O2/c1-23-10-9-21-17-7-8-20(16(17)5-6-18(21)22)13-15-4-2-3-14(11-15)12-19;3-2(4,5)1(6)7/h2-4,11,16-17H,5-10,13H2,1H3;(H,6,7)/t16-,17-;/m1./s1. The van der Waals surface area contributed by atoms with E-state index in [1.165, 1.54) is 5.56 Å². The Morgan fingerprint density at radius 3 is 2.63 bits per heavy atom. The molecule has 0 aromatic heterocycles. The molecule has 2 heterocycles. The summed E-state index contributed by atoms with van der Waals surface area (Å²) in [5.74, 6) is -2.50. The molecule has 0 spiro atoms. The third kappa shape index (κ3) is 6.18. The maximum atomic E-state index is 12.2. The predicted octanol–water partition coefficient (Wildman–Crippen LogP) is 2.40. The van der Waals surface area contributed by atoms with E-state index in [4.69, 9.17) is 19.9 Å². The van der Waals surface area contributed by atoms with Gasteiger partial charge in [0.2, 0.25) is 5.91 Å². The number of benzene rings is 1. The van der Waals surface area contributed by atoms with Gasteiger partial charge >= 0.3 is 12.1 Å². The maximum Gasteiger partial charge on any atom is 0.490 e. The van der Waals surface area contributed by atoms with Crippen molar-refractivity contribution >= 4 is 11.9 Å². The molecule has 2 saturated heterocycles. The van der Waals surface area contributed by atoms with Crippen molar-refractivity contribution < 1.29 is 32.6 Å². The highest BCUT2D eigenvalue weighted by Gasteiger charge is 2.42. The molecular weight excluding hydrogens is 403 g/mol. The Kier molecular flexibility index (Phi) is 8.20. The highest BCUT2D eigenvalue weighted by Crippen LogP contribution is 2.32. The number of carboxylic acids is 1. The lowest BCUT2D eigenvalue weighted by molar-refractivity contribution is -0.192. The SMILES string of the molecule is COCCN1C(=O)CC[C@@H]2[C@H]1CCN2Cc1cccc(C#N)c1.O=C(O)C(F)(F)F. The first kappa shape index (κ1) is 23.6. The molecule has 0 radical (unpaired) electrons. The molecule has 1 aromatic rings. The molecule has 1 amide bonds. The van der Waals surface area contributed by atoms with E-state index in [1.807, 2.05) is 23.1 Å². The lowest BCUT2D eigenvalue weighted by atomic mass is 9.96. The molecule has 0 bridgehead atoms. The number of ether oxygens (including phenoxy) is 1. The topological polar surface area (TPSA) is 93.9 Å². The molecule has 0 saturated carbocycles. The fourth-order valence-corrected chi connectivity index (χ4v) is 3.89. The summed E-state index contributed by atoms with van der Waals surface area (Å²) in [7, 11) is 1.68. The van der Waals surface area contributed by atoms with Crippen LogP contribution < -0.4 is 0 Å². The summed E-state index contributed by atoms with van der Waals surface area (Å²) in [6.45, 7) is 3.14. The van der Waals surface area contributed by atoms with Gasteiger partial charge in [-0.2, -0.15) is 18.4 Å². The Balaban J connectivity index is 0.000000396. The zero-order chi connectivity index (χ0) is 22.3. The third-order valence-corrected chi connectivity index (χ3v) is 5.22. The summed E-state index contributed by atoms with van der Waals surface area (Å²) in [4.78, 5) is 25.6. The second kappa shape index (κ2) is 10.4. The average Bonchev–Trinajstić information content (AvgIpc) is 3.10. The first-order valence-corrected chi connectivity index (χ1v) is 9.49. The van der Waals surface area contributed by atoms with Crippen molar-refractivity contribution in [3.8, 4) is 6.07 Å². The number of carbonyl (C=O) groups excluding carboxylic acids is 1. The maximum absolute atomic E-state index is 12.2. The Morgan fingerprint density at radius 1 is 1.33 bits per heavy atom. The number of aliphatic carboxylic acids is 1. The monoisotopic (exact) mass is 427 g/mol. The first-order chi connectivity index (χ1) is 14.2. The van der Waals surface area contributed by atoms with Gasteiger partial charge in [0.25, 0.3) is 0 Å². The van der Waals surface area contributed by atoms with Crippen LogP contribution in [0.15, 0.2) is 24.3 Å². The minimum atomic E-state index is -5.08. The van der Waals surface area contributed by atoms with Crippen LogP contribution in [0.4, 0.5) is 13.2 Å². The van der Waals surface area contributed by atoms with Crippen LogP contribution in [0.5, 0.6) is 0 Å². The van der Waals surface area contributed by atoms with Crippen LogP contribution in [0.3, 0.4) is 0 Å². The van der Waals surface area contributed by atoms with E-state index in [-0.39, 0.29) is 5.91 Å². The van der Waals surface area contributed by atoms with Crippen molar-refractivity contribution in [3.63, 3.8) is 0 Å². The van der Waals surface area contributed by atoms with E-state index in [1.54, 1.807) is 7.11 Å². The van der Waals surface area contributed by atoms with Gasteiger partial charge in [0.05, 0.1) is 18.2 Å². The molecular formula is C20H24F3N3O4. The largest absolute Gasteiger partial charge is 0.490 e. The van der Waals surface area contributed by atoms with Gasteiger partial charge in [-0.1, -0.05) is 12.1 Å². The van der Waals surface area contributed by atoms with E-state index >= 15 is 0 Å². The Labute approximate surface area is 172 Å². The number of likely N-dealkylation sites (tertiary alicyclic amines) is 2. The summed E-state index contributed by atoms with van der Waals surface area (Å²) in [6, 6.07) is 10.7. The first-order valence-electron chi connectivity index (χ1n) is 9.49. The molecule has 30 heavy (non-hydrogen) atoms. The molecule has 2 atom stereocenters. The van der Waals surface area contributed by atoms with Gasteiger partial charge in [-0.05, 0) is 30.5 Å². The molecule has 7 nitrogen and oxygen atoms in total. The number of nitriles is 1. The van der Waals surface area contributed by atoms with Crippen molar-refractivity contribution in [2.24, 2.45) is 0 Å². The molecule has 0 unspecified atom stereocenters. The summed E-state index contributed by atoms with van der Waals surface area (Å²) < 4.78 is 36.9.